The Kier molecular flexibility index (Phi) is 7.11. The third-order valence-electron chi connectivity index (χ3n) is 5.99. The topological polar surface area (TPSA) is 122 Å². The maximum absolute atomic E-state index is 12.9. The molecule has 0 bridgehead atoms. The summed E-state index contributed by atoms with van der Waals surface area (Å²) >= 11 is 3.27. The molecule has 2 aliphatic rings. The zero-order valence-corrected chi connectivity index (χ0v) is 20.3. The number of hydrogen-bond acceptors (Lipinski definition) is 6. The molecule has 0 saturated carbocycles. The van der Waals surface area contributed by atoms with Gasteiger partial charge in [0, 0.05) is 10.0 Å². The number of anilines is 1. The molecule has 1 heterocycles. The first-order chi connectivity index (χ1) is 16.8. The molecule has 3 atom stereocenters. The molecular weight excluding hydrogens is 518 g/mol. The second-order valence-corrected chi connectivity index (χ2v) is 9.22. The van der Waals surface area contributed by atoms with Crippen LogP contribution in [0.2, 0.25) is 0 Å². The van der Waals surface area contributed by atoms with Gasteiger partial charge in [-0.3, -0.25) is 34.9 Å². The van der Waals surface area contributed by atoms with Crippen LogP contribution >= 0.6 is 15.9 Å². The van der Waals surface area contributed by atoms with Gasteiger partial charge < -0.3 is 4.74 Å². The lowest BCUT2D eigenvalue weighted by Gasteiger charge is -2.22. The van der Waals surface area contributed by atoms with Gasteiger partial charge in [-0.1, -0.05) is 35.0 Å². The number of nitrogens with zero attached hydrogens (tertiary/aromatic N) is 1. The van der Waals surface area contributed by atoms with Crippen molar-refractivity contribution in [2.24, 2.45) is 17.8 Å². The van der Waals surface area contributed by atoms with Gasteiger partial charge in [0.15, 0.2) is 6.61 Å². The van der Waals surface area contributed by atoms with Crippen molar-refractivity contribution in [1.82, 2.24) is 10.9 Å². The van der Waals surface area contributed by atoms with E-state index in [0.717, 1.165) is 4.47 Å². The third-order valence-corrected chi connectivity index (χ3v) is 6.52. The molecule has 180 valence electrons. The fourth-order valence-electron chi connectivity index (χ4n) is 4.20. The molecule has 2 aromatic rings. The minimum atomic E-state index is -0.767. The number of carbonyl (C=O) groups is 5. The van der Waals surface area contributed by atoms with E-state index in [1.165, 1.54) is 29.2 Å². The van der Waals surface area contributed by atoms with Crippen LogP contribution in [0.15, 0.2) is 65.2 Å². The first kappa shape index (κ1) is 24.3. The van der Waals surface area contributed by atoms with Crippen molar-refractivity contribution in [3.05, 3.63) is 76.3 Å². The summed E-state index contributed by atoms with van der Waals surface area (Å²) in [6.07, 6.45) is 4.42. The third kappa shape index (κ3) is 5.17. The number of amides is 4. The van der Waals surface area contributed by atoms with Crippen LogP contribution in [0, 0.1) is 17.8 Å². The quantitative estimate of drug-likeness (QED) is 0.261. The normalized spacial score (nSPS) is 20.9. The minimum Gasteiger partial charge on any atom is -0.452 e. The van der Waals surface area contributed by atoms with Gasteiger partial charge in [-0.15, -0.1) is 0 Å². The molecule has 2 aromatic carbocycles. The van der Waals surface area contributed by atoms with Crippen molar-refractivity contribution in [2.75, 3.05) is 11.5 Å². The number of hydrazine groups is 1. The largest absolute Gasteiger partial charge is 0.452 e. The number of allylic oxidation sites excluding steroid dienone is 2. The summed E-state index contributed by atoms with van der Waals surface area (Å²) in [5, 5.41) is 0. The summed E-state index contributed by atoms with van der Waals surface area (Å²) in [5.41, 5.74) is 5.27. The molecule has 1 fully saturated rings. The van der Waals surface area contributed by atoms with Crippen molar-refractivity contribution in [2.45, 2.75) is 13.3 Å². The van der Waals surface area contributed by atoms with Crippen molar-refractivity contribution < 1.29 is 28.7 Å². The minimum absolute atomic E-state index is 0.0183. The second-order valence-electron chi connectivity index (χ2n) is 8.30. The van der Waals surface area contributed by atoms with E-state index in [-0.39, 0.29) is 35.1 Å². The van der Waals surface area contributed by atoms with Crippen LogP contribution in [-0.4, -0.2) is 36.2 Å². The zero-order valence-electron chi connectivity index (χ0n) is 18.7. The van der Waals surface area contributed by atoms with Gasteiger partial charge in [-0.05, 0) is 60.9 Å². The average molecular weight is 540 g/mol. The fourth-order valence-corrected chi connectivity index (χ4v) is 4.46. The molecule has 10 heteroatoms. The van der Waals surface area contributed by atoms with Crippen LogP contribution < -0.4 is 15.8 Å². The molecule has 4 amide bonds. The Hall–Kier alpha value is -3.79. The van der Waals surface area contributed by atoms with Gasteiger partial charge in [0.05, 0.1) is 23.1 Å². The Labute approximate surface area is 209 Å². The van der Waals surface area contributed by atoms with E-state index in [2.05, 4.69) is 26.8 Å². The number of benzene rings is 2. The average Bonchev–Trinajstić information content (AvgIpc) is 3.12. The van der Waals surface area contributed by atoms with Crippen molar-refractivity contribution in [1.29, 1.82) is 0 Å². The van der Waals surface area contributed by atoms with Crippen LogP contribution in [0.4, 0.5) is 5.69 Å². The highest BCUT2D eigenvalue weighted by atomic mass is 79.9. The SMILES string of the molecule is C[C@@H]1C=CC[C@@H]2C(=O)N(c3ccc(C(=O)OCC(=O)NNC(=O)c4ccc(Br)cc4)cc3)C(=O)[C@@H]12. The summed E-state index contributed by atoms with van der Waals surface area (Å²) in [4.78, 5) is 63.1. The Morgan fingerprint density at radius 3 is 2.29 bits per heavy atom. The van der Waals surface area contributed by atoms with Crippen LogP contribution in [-0.2, 0) is 19.1 Å². The summed E-state index contributed by atoms with van der Waals surface area (Å²) in [6, 6.07) is 12.4. The molecule has 9 nitrogen and oxygen atoms in total. The lowest BCUT2D eigenvalue weighted by atomic mass is 9.78. The molecule has 1 aliphatic heterocycles. The van der Waals surface area contributed by atoms with E-state index in [4.69, 9.17) is 4.74 Å². The zero-order chi connectivity index (χ0) is 25.1. The van der Waals surface area contributed by atoms with E-state index in [1.807, 2.05) is 19.1 Å². The van der Waals surface area contributed by atoms with Crippen molar-refractivity contribution in [3.63, 3.8) is 0 Å². The van der Waals surface area contributed by atoms with Gasteiger partial charge in [-0.25, -0.2) is 4.79 Å². The van der Waals surface area contributed by atoms with Gasteiger partial charge in [0.1, 0.15) is 0 Å². The molecule has 0 aromatic heterocycles. The van der Waals surface area contributed by atoms with E-state index >= 15 is 0 Å². The molecule has 35 heavy (non-hydrogen) atoms. The number of rotatable bonds is 5. The first-order valence-electron chi connectivity index (χ1n) is 10.9. The fraction of sp³-hybridized carbons (Fsp3) is 0.240. The number of nitrogens with one attached hydrogen (secondary N) is 2. The number of ether oxygens (including phenoxy) is 1. The molecule has 4 rings (SSSR count). The first-order valence-corrected chi connectivity index (χ1v) is 11.7. The predicted molar refractivity (Wildman–Crippen MR) is 129 cm³/mol. The number of carbonyl (C=O) groups excluding carboxylic acids is 5. The lowest BCUT2D eigenvalue weighted by molar-refractivity contribution is -0.125. The Balaban J connectivity index is 1.29. The highest BCUT2D eigenvalue weighted by Crippen LogP contribution is 2.40. The number of halogens is 1. The monoisotopic (exact) mass is 539 g/mol. The van der Waals surface area contributed by atoms with Crippen LogP contribution in [0.3, 0.4) is 0 Å². The molecule has 1 saturated heterocycles. The van der Waals surface area contributed by atoms with E-state index < -0.39 is 24.4 Å². The van der Waals surface area contributed by atoms with Gasteiger partial charge in [-0.2, -0.15) is 0 Å². The van der Waals surface area contributed by atoms with Gasteiger partial charge in [0.2, 0.25) is 11.8 Å². The standard InChI is InChI=1S/C25H22BrN3O6/c1-14-3-2-4-19-21(14)24(33)29(23(19)32)18-11-7-16(8-12-18)25(34)35-13-20(30)27-28-22(31)15-5-9-17(26)10-6-15/h2-3,5-12,14,19,21H,4,13H2,1H3,(H,27,30)(H,28,31)/t14-,19+,21+/m1/s1. The summed E-state index contributed by atoms with van der Waals surface area (Å²) in [6.45, 7) is 1.31. The summed E-state index contributed by atoms with van der Waals surface area (Å²) in [7, 11) is 0. The van der Waals surface area contributed by atoms with E-state index in [1.54, 1.807) is 24.3 Å². The number of hydrogen-bond donors (Lipinski definition) is 2. The molecule has 2 N–H and O–H groups in total. The number of imide groups is 1. The smallest absolute Gasteiger partial charge is 0.338 e. The van der Waals surface area contributed by atoms with Crippen molar-refractivity contribution >= 4 is 51.2 Å². The Morgan fingerprint density at radius 2 is 1.63 bits per heavy atom. The second kappa shape index (κ2) is 10.2. The van der Waals surface area contributed by atoms with Crippen LogP contribution in [0.25, 0.3) is 0 Å². The highest BCUT2D eigenvalue weighted by molar-refractivity contribution is 9.10. The van der Waals surface area contributed by atoms with Crippen LogP contribution in [0.5, 0.6) is 0 Å². The lowest BCUT2D eigenvalue weighted by Crippen LogP contribution is -2.43. The van der Waals surface area contributed by atoms with E-state index in [9.17, 15) is 24.0 Å². The molecule has 0 spiro atoms. The Morgan fingerprint density at radius 1 is 0.971 bits per heavy atom. The molecular formula is C25H22BrN3O6. The summed E-state index contributed by atoms with van der Waals surface area (Å²) in [5.74, 6) is -3.26. The maximum Gasteiger partial charge on any atom is 0.338 e. The van der Waals surface area contributed by atoms with Crippen LogP contribution in [0.1, 0.15) is 34.1 Å². The van der Waals surface area contributed by atoms with Crippen molar-refractivity contribution in [3.8, 4) is 0 Å². The molecule has 0 unspecified atom stereocenters. The van der Waals surface area contributed by atoms with E-state index in [0.29, 0.717) is 17.7 Å². The van der Waals surface area contributed by atoms with Gasteiger partial charge >= 0.3 is 5.97 Å². The number of fused-ring (bicyclic) bond motifs is 1. The van der Waals surface area contributed by atoms with Gasteiger partial charge in [0.25, 0.3) is 11.8 Å². The Bertz CT molecular complexity index is 1210. The maximum atomic E-state index is 12.9. The molecule has 1 aliphatic carbocycles. The molecule has 0 radical (unpaired) electrons. The highest BCUT2D eigenvalue weighted by Gasteiger charge is 2.50. The predicted octanol–water partition coefficient (Wildman–Crippen LogP) is 2.77. The summed E-state index contributed by atoms with van der Waals surface area (Å²) < 4.78 is 5.79. The number of esters is 1.